The van der Waals surface area contributed by atoms with Crippen LogP contribution < -0.4 is 5.32 Å². The summed E-state index contributed by atoms with van der Waals surface area (Å²) in [4.78, 5) is 0. The fraction of sp³-hybridized carbons (Fsp3) is 0.438. The summed E-state index contributed by atoms with van der Waals surface area (Å²) in [6.07, 6.45) is 8.83. The van der Waals surface area contributed by atoms with Crippen molar-refractivity contribution in [3.05, 3.63) is 53.6 Å². The molecule has 1 aliphatic rings. The number of aromatic nitrogens is 2. The van der Waals surface area contributed by atoms with Gasteiger partial charge in [-0.25, -0.2) is 4.39 Å². The molecule has 1 heterocycles. The highest BCUT2D eigenvalue weighted by atomic mass is 19.1. The molecule has 0 unspecified atom stereocenters. The van der Waals surface area contributed by atoms with Crippen molar-refractivity contribution in [2.75, 3.05) is 6.54 Å². The van der Waals surface area contributed by atoms with E-state index in [1.54, 1.807) is 12.1 Å². The van der Waals surface area contributed by atoms with Gasteiger partial charge in [0.1, 0.15) is 5.82 Å². The van der Waals surface area contributed by atoms with Crippen molar-refractivity contribution in [1.29, 1.82) is 0 Å². The van der Waals surface area contributed by atoms with Crippen LogP contribution in [0.2, 0.25) is 0 Å². The van der Waals surface area contributed by atoms with Crippen molar-refractivity contribution in [1.82, 2.24) is 15.1 Å². The van der Waals surface area contributed by atoms with E-state index >= 15 is 0 Å². The topological polar surface area (TPSA) is 29.9 Å². The molecule has 0 aliphatic heterocycles. The molecule has 3 rings (SSSR count). The number of halogens is 1. The molecule has 0 spiro atoms. The van der Waals surface area contributed by atoms with Crippen molar-refractivity contribution in [3.8, 4) is 0 Å². The third-order valence-electron chi connectivity index (χ3n) is 3.57. The smallest absolute Gasteiger partial charge is 0.123 e. The number of rotatable bonds is 7. The van der Waals surface area contributed by atoms with Crippen LogP contribution in [0.25, 0.3) is 0 Å². The van der Waals surface area contributed by atoms with Crippen LogP contribution >= 0.6 is 0 Å². The number of hydrogen-bond donors (Lipinski definition) is 1. The molecule has 1 N–H and O–H groups in total. The summed E-state index contributed by atoms with van der Waals surface area (Å²) in [5, 5.41) is 7.85. The van der Waals surface area contributed by atoms with E-state index in [1.165, 1.54) is 24.5 Å². The third-order valence-corrected chi connectivity index (χ3v) is 3.57. The van der Waals surface area contributed by atoms with Crippen LogP contribution in [0.3, 0.4) is 0 Å². The van der Waals surface area contributed by atoms with E-state index in [1.807, 2.05) is 16.9 Å². The highest BCUT2D eigenvalue weighted by molar-refractivity contribution is 5.17. The molecule has 4 heteroatoms. The number of aryl methyl sites for hydroxylation is 1. The van der Waals surface area contributed by atoms with E-state index in [0.717, 1.165) is 31.0 Å². The summed E-state index contributed by atoms with van der Waals surface area (Å²) in [6.45, 7) is 1.71. The Balaban J connectivity index is 1.48. The first-order chi connectivity index (χ1) is 9.79. The molecule has 1 fully saturated rings. The Hall–Kier alpha value is -1.68. The standard InChI is InChI=1S/C16H20FN3/c17-15-5-1-3-13(9-15)11-20-12-14(10-19-20)4-2-8-18-16-6-7-16/h1,3,5,9-10,12,16,18H,2,4,6-8,11H2. The van der Waals surface area contributed by atoms with Gasteiger partial charge in [0.25, 0.3) is 0 Å². The largest absolute Gasteiger partial charge is 0.314 e. The molecule has 1 saturated carbocycles. The molecule has 3 nitrogen and oxygen atoms in total. The maximum absolute atomic E-state index is 13.1. The predicted octanol–water partition coefficient (Wildman–Crippen LogP) is 2.76. The average Bonchev–Trinajstić information content (AvgIpc) is 3.15. The van der Waals surface area contributed by atoms with Crippen LogP contribution in [0.1, 0.15) is 30.4 Å². The van der Waals surface area contributed by atoms with Gasteiger partial charge in [0.05, 0.1) is 12.7 Å². The van der Waals surface area contributed by atoms with Gasteiger partial charge >= 0.3 is 0 Å². The molecule has 1 aliphatic carbocycles. The first-order valence-corrected chi connectivity index (χ1v) is 7.29. The first kappa shape index (κ1) is 13.3. The second-order valence-electron chi connectivity index (χ2n) is 5.51. The number of hydrogen-bond acceptors (Lipinski definition) is 2. The van der Waals surface area contributed by atoms with Crippen LogP contribution in [-0.2, 0) is 13.0 Å². The van der Waals surface area contributed by atoms with Gasteiger partial charge in [0.2, 0.25) is 0 Å². The van der Waals surface area contributed by atoms with Gasteiger partial charge in [0, 0.05) is 12.2 Å². The Morgan fingerprint density at radius 1 is 1.30 bits per heavy atom. The molecule has 0 saturated heterocycles. The van der Waals surface area contributed by atoms with E-state index in [-0.39, 0.29) is 5.82 Å². The van der Waals surface area contributed by atoms with Gasteiger partial charge < -0.3 is 5.32 Å². The van der Waals surface area contributed by atoms with Gasteiger partial charge in [-0.3, -0.25) is 4.68 Å². The van der Waals surface area contributed by atoms with Crippen molar-refractivity contribution in [3.63, 3.8) is 0 Å². The average molecular weight is 273 g/mol. The highest BCUT2D eigenvalue weighted by Gasteiger charge is 2.19. The summed E-state index contributed by atoms with van der Waals surface area (Å²) >= 11 is 0. The highest BCUT2D eigenvalue weighted by Crippen LogP contribution is 2.18. The van der Waals surface area contributed by atoms with E-state index in [9.17, 15) is 4.39 Å². The summed E-state index contributed by atoms with van der Waals surface area (Å²) in [5.41, 5.74) is 2.19. The second kappa shape index (κ2) is 6.18. The molecule has 1 aromatic heterocycles. The molecule has 0 bridgehead atoms. The Kier molecular flexibility index (Phi) is 4.11. The van der Waals surface area contributed by atoms with Crippen LogP contribution in [0.4, 0.5) is 4.39 Å². The zero-order valence-electron chi connectivity index (χ0n) is 11.6. The maximum atomic E-state index is 13.1. The zero-order chi connectivity index (χ0) is 13.8. The molecule has 0 amide bonds. The Labute approximate surface area is 118 Å². The molecule has 1 aromatic carbocycles. The quantitative estimate of drug-likeness (QED) is 0.786. The Morgan fingerprint density at radius 3 is 3.00 bits per heavy atom. The molecular weight excluding hydrogens is 253 g/mol. The van der Waals surface area contributed by atoms with E-state index in [2.05, 4.69) is 16.6 Å². The molecule has 0 atom stereocenters. The van der Waals surface area contributed by atoms with Gasteiger partial charge in [-0.2, -0.15) is 5.10 Å². The monoisotopic (exact) mass is 273 g/mol. The van der Waals surface area contributed by atoms with Crippen molar-refractivity contribution in [2.45, 2.75) is 38.3 Å². The van der Waals surface area contributed by atoms with Gasteiger partial charge in [0.15, 0.2) is 0 Å². The molecule has 0 radical (unpaired) electrons. The lowest BCUT2D eigenvalue weighted by Crippen LogP contribution is -2.17. The van der Waals surface area contributed by atoms with Crippen LogP contribution in [0.5, 0.6) is 0 Å². The summed E-state index contributed by atoms with van der Waals surface area (Å²) in [6, 6.07) is 7.46. The minimum absolute atomic E-state index is 0.193. The van der Waals surface area contributed by atoms with Crippen LogP contribution in [0, 0.1) is 5.82 Å². The van der Waals surface area contributed by atoms with E-state index in [4.69, 9.17) is 0 Å². The lowest BCUT2D eigenvalue weighted by molar-refractivity contribution is 0.619. The fourth-order valence-corrected chi connectivity index (χ4v) is 2.33. The molecule has 2 aromatic rings. The summed E-state index contributed by atoms with van der Waals surface area (Å²) < 4.78 is 15.0. The number of nitrogens with zero attached hydrogens (tertiary/aromatic N) is 2. The third kappa shape index (κ3) is 3.90. The summed E-state index contributed by atoms with van der Waals surface area (Å²) in [7, 11) is 0. The summed E-state index contributed by atoms with van der Waals surface area (Å²) in [5.74, 6) is -0.193. The van der Waals surface area contributed by atoms with Crippen LogP contribution in [0.15, 0.2) is 36.7 Å². The van der Waals surface area contributed by atoms with Gasteiger partial charge in [-0.15, -0.1) is 0 Å². The fourth-order valence-electron chi connectivity index (χ4n) is 2.33. The minimum Gasteiger partial charge on any atom is -0.314 e. The lowest BCUT2D eigenvalue weighted by atomic mass is 10.2. The maximum Gasteiger partial charge on any atom is 0.123 e. The molecule has 106 valence electrons. The van der Waals surface area contributed by atoms with E-state index in [0.29, 0.717) is 6.54 Å². The first-order valence-electron chi connectivity index (χ1n) is 7.29. The predicted molar refractivity (Wildman–Crippen MR) is 77.1 cm³/mol. The normalized spacial score (nSPS) is 14.7. The van der Waals surface area contributed by atoms with Gasteiger partial charge in [-0.1, -0.05) is 12.1 Å². The molecular formula is C16H20FN3. The van der Waals surface area contributed by atoms with E-state index < -0.39 is 0 Å². The van der Waals surface area contributed by atoms with Crippen molar-refractivity contribution >= 4 is 0 Å². The molecule has 20 heavy (non-hydrogen) atoms. The second-order valence-corrected chi connectivity index (χ2v) is 5.51. The van der Waals surface area contributed by atoms with Crippen LogP contribution in [-0.4, -0.2) is 22.4 Å². The van der Waals surface area contributed by atoms with Crippen molar-refractivity contribution < 1.29 is 4.39 Å². The zero-order valence-corrected chi connectivity index (χ0v) is 11.6. The Morgan fingerprint density at radius 2 is 2.20 bits per heavy atom. The van der Waals surface area contributed by atoms with Crippen molar-refractivity contribution in [2.24, 2.45) is 0 Å². The minimum atomic E-state index is -0.193. The number of nitrogens with one attached hydrogen (secondary N) is 1. The van der Waals surface area contributed by atoms with Gasteiger partial charge in [-0.05, 0) is 55.5 Å². The SMILES string of the molecule is Fc1cccc(Cn2cc(CCCNC3CC3)cn2)c1. The lowest BCUT2D eigenvalue weighted by Gasteiger charge is -2.02. The number of benzene rings is 1. The Bertz CT molecular complexity index is 560.